The van der Waals surface area contributed by atoms with E-state index in [4.69, 9.17) is 5.26 Å². The maximum absolute atomic E-state index is 13.1. The third kappa shape index (κ3) is 4.25. The molecule has 0 saturated heterocycles. The molecule has 8 nitrogen and oxygen atoms in total. The van der Waals surface area contributed by atoms with E-state index in [9.17, 15) is 18.0 Å². The summed E-state index contributed by atoms with van der Waals surface area (Å²) in [6, 6.07) is 6.25. The zero-order valence-corrected chi connectivity index (χ0v) is 18.0. The minimum atomic E-state index is -3.85. The minimum absolute atomic E-state index is 0.00274. The van der Waals surface area contributed by atoms with Crippen LogP contribution < -0.4 is 5.43 Å². The fourth-order valence-corrected chi connectivity index (χ4v) is 5.05. The Kier molecular flexibility index (Phi) is 6.58. The first-order valence-electron chi connectivity index (χ1n) is 10.0. The lowest BCUT2D eigenvalue weighted by atomic mass is 9.94. The lowest BCUT2D eigenvalue weighted by Gasteiger charge is -2.31. The molecule has 1 aromatic carbocycles. The molecule has 1 aliphatic carbocycles. The number of nitriles is 1. The van der Waals surface area contributed by atoms with Crippen LogP contribution in [-0.4, -0.2) is 55.2 Å². The standard InChI is InChI=1S/C21H26N4O4S/c1-24(12-6-11-22)30(28,29)16-9-10-19-17(13-16)20(26)18(14-23-19)21(27)25(2)15-7-4-3-5-8-15/h9-10,13-15H,3-8,12H2,1-2H3,(H,23,26). The Morgan fingerprint density at radius 2 is 1.93 bits per heavy atom. The van der Waals surface area contributed by atoms with E-state index >= 15 is 0 Å². The number of nitrogens with zero attached hydrogens (tertiary/aromatic N) is 3. The zero-order valence-electron chi connectivity index (χ0n) is 17.2. The van der Waals surface area contributed by atoms with E-state index in [1.54, 1.807) is 11.9 Å². The maximum atomic E-state index is 13.1. The number of hydrogen-bond donors (Lipinski definition) is 1. The van der Waals surface area contributed by atoms with Gasteiger partial charge in [-0.25, -0.2) is 8.42 Å². The first-order chi connectivity index (χ1) is 14.3. The Labute approximate surface area is 176 Å². The second-order valence-electron chi connectivity index (χ2n) is 7.68. The molecule has 9 heteroatoms. The number of sulfonamides is 1. The van der Waals surface area contributed by atoms with Gasteiger partial charge in [-0.2, -0.15) is 9.57 Å². The molecular weight excluding hydrogens is 404 g/mol. The lowest BCUT2D eigenvalue weighted by molar-refractivity contribution is 0.0695. The van der Waals surface area contributed by atoms with Gasteiger partial charge in [-0.15, -0.1) is 0 Å². The van der Waals surface area contributed by atoms with E-state index in [0.717, 1.165) is 36.4 Å². The fraction of sp³-hybridized carbons (Fsp3) is 0.476. The number of fused-ring (bicyclic) bond motifs is 1. The number of aromatic nitrogens is 1. The van der Waals surface area contributed by atoms with Crippen molar-refractivity contribution in [2.75, 3.05) is 20.6 Å². The van der Waals surface area contributed by atoms with Crippen molar-refractivity contribution < 1.29 is 13.2 Å². The third-order valence-electron chi connectivity index (χ3n) is 5.77. The molecule has 1 N–H and O–H groups in total. The zero-order chi connectivity index (χ0) is 21.9. The fourth-order valence-electron chi connectivity index (χ4n) is 3.85. The summed E-state index contributed by atoms with van der Waals surface area (Å²) in [6.07, 6.45) is 6.61. The highest BCUT2D eigenvalue weighted by Gasteiger charge is 2.26. The first kappa shape index (κ1) is 22.0. The smallest absolute Gasteiger partial charge is 0.259 e. The van der Waals surface area contributed by atoms with Crippen molar-refractivity contribution in [3.8, 4) is 6.07 Å². The van der Waals surface area contributed by atoms with Crippen LogP contribution in [0.4, 0.5) is 0 Å². The van der Waals surface area contributed by atoms with Crippen molar-refractivity contribution >= 4 is 26.8 Å². The lowest BCUT2D eigenvalue weighted by Crippen LogP contribution is -2.40. The summed E-state index contributed by atoms with van der Waals surface area (Å²) in [5.41, 5.74) is -0.0356. The molecule has 1 fully saturated rings. The summed E-state index contributed by atoms with van der Waals surface area (Å²) in [7, 11) is -0.748. The number of benzene rings is 1. The average molecular weight is 431 g/mol. The Bertz CT molecular complexity index is 1140. The van der Waals surface area contributed by atoms with E-state index in [0.29, 0.717) is 5.52 Å². The number of carbonyl (C=O) groups is 1. The average Bonchev–Trinajstić information content (AvgIpc) is 2.77. The van der Waals surface area contributed by atoms with E-state index in [1.165, 1.54) is 31.4 Å². The molecular formula is C21H26N4O4S. The van der Waals surface area contributed by atoms with Crippen molar-refractivity contribution in [2.45, 2.75) is 49.5 Å². The first-order valence-corrected chi connectivity index (χ1v) is 11.5. The Morgan fingerprint density at radius 1 is 1.23 bits per heavy atom. The highest BCUT2D eigenvalue weighted by atomic mass is 32.2. The molecule has 1 heterocycles. The summed E-state index contributed by atoms with van der Waals surface area (Å²) in [4.78, 5) is 30.5. The monoisotopic (exact) mass is 430 g/mol. The number of rotatable bonds is 6. The number of aromatic amines is 1. The van der Waals surface area contributed by atoms with Gasteiger partial charge in [0.05, 0.1) is 11.0 Å². The Balaban J connectivity index is 1.98. The molecule has 0 bridgehead atoms. The van der Waals surface area contributed by atoms with E-state index in [2.05, 4.69) is 4.98 Å². The number of hydrogen-bond acceptors (Lipinski definition) is 5. The van der Waals surface area contributed by atoms with Gasteiger partial charge in [-0.1, -0.05) is 19.3 Å². The Hall–Kier alpha value is -2.70. The molecule has 0 aliphatic heterocycles. The van der Waals surface area contributed by atoms with Gasteiger partial charge < -0.3 is 9.88 Å². The van der Waals surface area contributed by atoms with Gasteiger partial charge in [0, 0.05) is 50.2 Å². The molecule has 1 aliphatic rings. The van der Waals surface area contributed by atoms with Crippen LogP contribution in [0.25, 0.3) is 10.9 Å². The van der Waals surface area contributed by atoms with Gasteiger partial charge in [-0.05, 0) is 31.0 Å². The molecule has 30 heavy (non-hydrogen) atoms. The molecule has 0 spiro atoms. The second kappa shape index (κ2) is 8.98. The van der Waals surface area contributed by atoms with Crippen LogP contribution in [0, 0.1) is 11.3 Å². The van der Waals surface area contributed by atoms with Gasteiger partial charge in [0.1, 0.15) is 5.56 Å². The van der Waals surface area contributed by atoms with E-state index in [1.807, 2.05) is 6.07 Å². The summed E-state index contributed by atoms with van der Waals surface area (Å²) in [6.45, 7) is 0.0535. The number of amides is 1. The van der Waals surface area contributed by atoms with Crippen molar-refractivity contribution in [1.82, 2.24) is 14.2 Å². The van der Waals surface area contributed by atoms with Gasteiger partial charge in [0.15, 0.2) is 0 Å². The summed E-state index contributed by atoms with van der Waals surface area (Å²) in [5.74, 6) is -0.357. The topological polar surface area (TPSA) is 114 Å². The molecule has 0 atom stereocenters. The molecule has 2 aromatic rings. The molecule has 1 aromatic heterocycles. The highest BCUT2D eigenvalue weighted by Crippen LogP contribution is 2.23. The normalized spacial score (nSPS) is 15.3. The van der Waals surface area contributed by atoms with Crippen molar-refractivity contribution in [3.05, 3.63) is 40.2 Å². The molecule has 0 radical (unpaired) electrons. The molecule has 3 rings (SSSR count). The third-order valence-corrected chi connectivity index (χ3v) is 7.63. The summed E-state index contributed by atoms with van der Waals surface area (Å²) >= 11 is 0. The quantitative estimate of drug-likeness (QED) is 0.756. The highest BCUT2D eigenvalue weighted by molar-refractivity contribution is 7.89. The summed E-state index contributed by atoms with van der Waals surface area (Å²) < 4.78 is 26.6. The largest absolute Gasteiger partial charge is 0.360 e. The molecule has 1 amide bonds. The van der Waals surface area contributed by atoms with Gasteiger partial charge in [-0.3, -0.25) is 9.59 Å². The van der Waals surface area contributed by atoms with E-state index in [-0.39, 0.29) is 40.8 Å². The van der Waals surface area contributed by atoms with Crippen LogP contribution in [0.1, 0.15) is 48.9 Å². The maximum Gasteiger partial charge on any atom is 0.259 e. The van der Waals surface area contributed by atoms with Crippen LogP contribution in [0.5, 0.6) is 0 Å². The molecule has 1 saturated carbocycles. The number of nitrogens with one attached hydrogen (secondary N) is 1. The number of H-pyrrole nitrogens is 1. The Morgan fingerprint density at radius 3 is 2.60 bits per heavy atom. The molecule has 0 unspecified atom stereocenters. The SMILES string of the molecule is CN(C(=O)c1c[nH]c2ccc(S(=O)(=O)N(C)CCC#N)cc2c1=O)C1CCCCC1. The van der Waals surface area contributed by atoms with Crippen molar-refractivity contribution in [2.24, 2.45) is 0 Å². The van der Waals surface area contributed by atoms with Crippen LogP contribution in [-0.2, 0) is 10.0 Å². The van der Waals surface area contributed by atoms with Crippen LogP contribution >= 0.6 is 0 Å². The van der Waals surface area contributed by atoms with Crippen LogP contribution in [0.15, 0.2) is 34.1 Å². The van der Waals surface area contributed by atoms with Crippen LogP contribution in [0.2, 0.25) is 0 Å². The number of carbonyl (C=O) groups excluding carboxylic acids is 1. The van der Waals surface area contributed by atoms with Gasteiger partial charge in [0.2, 0.25) is 15.5 Å². The molecule has 160 valence electrons. The van der Waals surface area contributed by atoms with Crippen molar-refractivity contribution in [1.29, 1.82) is 5.26 Å². The van der Waals surface area contributed by atoms with Crippen LogP contribution in [0.3, 0.4) is 0 Å². The van der Waals surface area contributed by atoms with Gasteiger partial charge in [0.25, 0.3) is 5.91 Å². The van der Waals surface area contributed by atoms with E-state index < -0.39 is 15.5 Å². The number of pyridine rings is 1. The predicted molar refractivity (Wildman–Crippen MR) is 114 cm³/mol. The second-order valence-corrected chi connectivity index (χ2v) is 9.73. The predicted octanol–water partition coefficient (Wildman–Crippen LogP) is 2.47. The summed E-state index contributed by atoms with van der Waals surface area (Å²) in [5, 5.41) is 8.84. The minimum Gasteiger partial charge on any atom is -0.360 e. The van der Waals surface area contributed by atoms with Gasteiger partial charge >= 0.3 is 0 Å². The van der Waals surface area contributed by atoms with Crippen molar-refractivity contribution in [3.63, 3.8) is 0 Å².